The summed E-state index contributed by atoms with van der Waals surface area (Å²) in [5.41, 5.74) is 5.21. The molecule has 0 aromatic rings. The van der Waals surface area contributed by atoms with Crippen molar-refractivity contribution >= 4 is 22.0 Å². The van der Waals surface area contributed by atoms with Crippen molar-refractivity contribution in [3.05, 3.63) is 0 Å². The molecule has 0 saturated heterocycles. The third kappa shape index (κ3) is 1.12. The molecule has 1 aliphatic heterocycles. The van der Waals surface area contributed by atoms with E-state index in [1.807, 2.05) is 0 Å². The summed E-state index contributed by atoms with van der Waals surface area (Å²) < 4.78 is 4.99. The highest BCUT2D eigenvalue weighted by Crippen LogP contribution is 2.03. The molecule has 1 aliphatic rings. The first kappa shape index (κ1) is 5.88. The second-order valence-electron chi connectivity index (χ2n) is 1.57. The highest BCUT2D eigenvalue weighted by molar-refractivity contribution is 9.09. The monoisotopic (exact) mass is 178 g/mol. The highest BCUT2D eigenvalue weighted by atomic mass is 79.9. The van der Waals surface area contributed by atoms with Crippen molar-refractivity contribution in [3.63, 3.8) is 0 Å². The second kappa shape index (κ2) is 2.35. The minimum atomic E-state index is 0.162. The number of rotatable bonds is 1. The molecule has 0 spiro atoms. The Morgan fingerprint density at radius 2 is 2.75 bits per heavy atom. The smallest absolute Gasteiger partial charge is 0.282 e. The summed E-state index contributed by atoms with van der Waals surface area (Å²) >= 11 is 3.25. The number of ether oxygens (including phenoxy) is 1. The van der Waals surface area contributed by atoms with Gasteiger partial charge in [0, 0.05) is 5.33 Å². The van der Waals surface area contributed by atoms with Crippen molar-refractivity contribution in [2.24, 2.45) is 10.7 Å². The maximum atomic E-state index is 5.21. The number of amidine groups is 1. The lowest BCUT2D eigenvalue weighted by Gasteiger charge is -2.02. The minimum absolute atomic E-state index is 0.162. The van der Waals surface area contributed by atoms with Crippen molar-refractivity contribution < 1.29 is 4.74 Å². The molecule has 0 bridgehead atoms. The maximum Gasteiger partial charge on any atom is 0.282 e. The van der Waals surface area contributed by atoms with Gasteiger partial charge >= 0.3 is 0 Å². The van der Waals surface area contributed by atoms with E-state index in [1.165, 1.54) is 0 Å². The molecule has 0 fully saturated rings. The molecule has 0 saturated carbocycles. The number of alkyl halides is 1. The summed E-state index contributed by atoms with van der Waals surface area (Å²) in [4.78, 5) is 3.83. The molecule has 0 amide bonds. The van der Waals surface area contributed by atoms with Crippen LogP contribution in [-0.2, 0) is 4.74 Å². The van der Waals surface area contributed by atoms with Gasteiger partial charge in [-0.25, -0.2) is 4.99 Å². The van der Waals surface area contributed by atoms with Crippen LogP contribution in [-0.4, -0.2) is 24.0 Å². The molecule has 0 radical (unpaired) electrons. The molecule has 0 unspecified atom stereocenters. The largest absolute Gasteiger partial charge is 0.459 e. The molecule has 0 aromatic carbocycles. The predicted octanol–water partition coefficient (Wildman–Crippen LogP) is 0.0948. The number of nitrogens with zero attached hydrogens (tertiary/aromatic N) is 1. The third-order valence-electron chi connectivity index (χ3n) is 0.910. The molecule has 4 heteroatoms. The third-order valence-corrected chi connectivity index (χ3v) is 1.63. The van der Waals surface area contributed by atoms with Crippen LogP contribution in [0.15, 0.2) is 4.99 Å². The van der Waals surface area contributed by atoms with Gasteiger partial charge in [0.25, 0.3) is 6.02 Å². The molecular formula is C4H7BrN2O. The average molecular weight is 179 g/mol. The number of halogens is 1. The van der Waals surface area contributed by atoms with E-state index in [1.54, 1.807) is 0 Å². The lowest BCUT2D eigenvalue weighted by Crippen LogP contribution is -2.18. The second-order valence-corrected chi connectivity index (χ2v) is 2.22. The van der Waals surface area contributed by atoms with E-state index in [9.17, 15) is 0 Å². The van der Waals surface area contributed by atoms with Gasteiger partial charge in [-0.2, -0.15) is 0 Å². The van der Waals surface area contributed by atoms with E-state index in [-0.39, 0.29) is 6.10 Å². The summed E-state index contributed by atoms with van der Waals surface area (Å²) in [7, 11) is 0. The molecule has 46 valence electrons. The molecule has 8 heavy (non-hydrogen) atoms. The van der Waals surface area contributed by atoms with Crippen LogP contribution < -0.4 is 5.73 Å². The van der Waals surface area contributed by atoms with Gasteiger partial charge in [-0.3, -0.25) is 0 Å². The van der Waals surface area contributed by atoms with Gasteiger partial charge in [0.15, 0.2) is 0 Å². The van der Waals surface area contributed by atoms with Crippen LogP contribution in [0.3, 0.4) is 0 Å². The number of hydrogen-bond acceptors (Lipinski definition) is 3. The highest BCUT2D eigenvalue weighted by Gasteiger charge is 2.14. The molecule has 0 aliphatic carbocycles. The summed E-state index contributed by atoms with van der Waals surface area (Å²) in [6, 6.07) is 0.314. The molecule has 1 atom stereocenters. The van der Waals surface area contributed by atoms with E-state index in [0.29, 0.717) is 12.6 Å². The minimum Gasteiger partial charge on any atom is -0.459 e. The Kier molecular flexibility index (Phi) is 1.73. The van der Waals surface area contributed by atoms with Crippen molar-refractivity contribution in [1.29, 1.82) is 0 Å². The Balaban J connectivity index is 2.32. The van der Waals surface area contributed by atoms with Crippen LogP contribution in [0.2, 0.25) is 0 Å². The van der Waals surface area contributed by atoms with Gasteiger partial charge in [0.05, 0.1) is 6.54 Å². The van der Waals surface area contributed by atoms with E-state index in [0.717, 1.165) is 5.33 Å². The van der Waals surface area contributed by atoms with E-state index in [2.05, 4.69) is 20.9 Å². The Bertz CT molecular complexity index is 115. The van der Waals surface area contributed by atoms with Crippen molar-refractivity contribution in [2.75, 3.05) is 11.9 Å². The van der Waals surface area contributed by atoms with Crippen molar-refractivity contribution in [1.82, 2.24) is 0 Å². The summed E-state index contributed by atoms with van der Waals surface area (Å²) in [6.45, 7) is 0.692. The number of nitrogens with two attached hydrogens (primary N) is 1. The Hall–Kier alpha value is -0.250. The predicted molar refractivity (Wildman–Crippen MR) is 35.2 cm³/mol. The first-order valence-electron chi connectivity index (χ1n) is 2.35. The molecular weight excluding hydrogens is 172 g/mol. The Morgan fingerprint density at radius 3 is 3.00 bits per heavy atom. The summed E-state index contributed by atoms with van der Waals surface area (Å²) in [5.74, 6) is 0. The van der Waals surface area contributed by atoms with E-state index < -0.39 is 0 Å². The summed E-state index contributed by atoms with van der Waals surface area (Å²) in [6.07, 6.45) is 0.162. The zero-order valence-corrected chi connectivity index (χ0v) is 5.89. The van der Waals surface area contributed by atoms with Crippen molar-refractivity contribution in [2.45, 2.75) is 6.10 Å². The van der Waals surface area contributed by atoms with Gasteiger partial charge in [-0.05, 0) is 0 Å². The van der Waals surface area contributed by atoms with Crippen molar-refractivity contribution in [3.8, 4) is 0 Å². The normalized spacial score (nSPS) is 27.1. The van der Waals surface area contributed by atoms with Crippen LogP contribution in [0.25, 0.3) is 0 Å². The molecule has 3 nitrogen and oxygen atoms in total. The van der Waals surface area contributed by atoms with E-state index >= 15 is 0 Å². The zero-order valence-electron chi connectivity index (χ0n) is 4.30. The van der Waals surface area contributed by atoms with Crippen LogP contribution in [0.5, 0.6) is 0 Å². The van der Waals surface area contributed by atoms with Gasteiger partial charge < -0.3 is 10.5 Å². The van der Waals surface area contributed by atoms with Crippen LogP contribution >= 0.6 is 15.9 Å². The number of aliphatic imine (C=N–C) groups is 1. The zero-order chi connectivity index (χ0) is 5.98. The lowest BCUT2D eigenvalue weighted by atomic mass is 10.4. The maximum absolute atomic E-state index is 5.21. The first-order valence-corrected chi connectivity index (χ1v) is 3.47. The first-order chi connectivity index (χ1) is 3.83. The van der Waals surface area contributed by atoms with Crippen LogP contribution in [0.1, 0.15) is 0 Å². The molecule has 1 rings (SSSR count). The fraction of sp³-hybridized carbons (Fsp3) is 0.750. The van der Waals surface area contributed by atoms with Gasteiger partial charge in [-0.1, -0.05) is 15.9 Å². The van der Waals surface area contributed by atoms with Crippen LogP contribution in [0.4, 0.5) is 0 Å². The Morgan fingerprint density at radius 1 is 2.00 bits per heavy atom. The van der Waals surface area contributed by atoms with Gasteiger partial charge in [0.1, 0.15) is 6.10 Å². The Labute approximate surface area is 56.0 Å². The van der Waals surface area contributed by atoms with Gasteiger partial charge in [0.2, 0.25) is 0 Å². The van der Waals surface area contributed by atoms with E-state index in [4.69, 9.17) is 10.5 Å². The van der Waals surface area contributed by atoms with Gasteiger partial charge in [-0.15, -0.1) is 0 Å². The molecule has 1 heterocycles. The molecule has 0 aromatic heterocycles. The molecule has 2 N–H and O–H groups in total. The standard InChI is InChI=1S/C4H7BrN2O/c5-1-3-2-7-4(6)8-3/h3H,1-2H2,(H2,6,7)/t3-/m0/s1. The van der Waals surface area contributed by atoms with Crippen LogP contribution in [0, 0.1) is 0 Å². The fourth-order valence-corrected chi connectivity index (χ4v) is 0.854. The summed E-state index contributed by atoms with van der Waals surface area (Å²) in [5, 5.41) is 0.803. The lowest BCUT2D eigenvalue weighted by molar-refractivity contribution is 0.248. The topological polar surface area (TPSA) is 47.6 Å². The SMILES string of the molecule is NC1=NC[C@H](CBr)O1. The average Bonchev–Trinajstić information content (AvgIpc) is 2.14. The quantitative estimate of drug-likeness (QED) is 0.580. The number of hydrogen-bond donors (Lipinski definition) is 1. The fourth-order valence-electron chi connectivity index (χ4n) is 0.517.